The Kier molecular flexibility index (Phi) is 8.95. The molecule has 0 aliphatic carbocycles. The Bertz CT molecular complexity index is 938. The summed E-state index contributed by atoms with van der Waals surface area (Å²) in [4.78, 5) is 11.2. The van der Waals surface area contributed by atoms with Crippen molar-refractivity contribution >= 4 is 5.97 Å². The third-order valence-corrected chi connectivity index (χ3v) is 4.62. The maximum absolute atomic E-state index is 11.2. The van der Waals surface area contributed by atoms with Gasteiger partial charge in [-0.1, -0.05) is 30.3 Å². The van der Waals surface area contributed by atoms with Crippen LogP contribution < -0.4 is 14.2 Å². The number of ether oxygens (including phenoxy) is 4. The number of para-hydroxylation sites is 1. The molecule has 3 rings (SSSR count). The summed E-state index contributed by atoms with van der Waals surface area (Å²) in [5.74, 6) is 2.11. The summed E-state index contributed by atoms with van der Waals surface area (Å²) in [6, 6.07) is 24.5. The SMILES string of the molecule is CCOC(Cc1ccc(OCCCOc2ccc(Oc3ccccc3)cc2)cc1)C(=O)O. The van der Waals surface area contributed by atoms with Crippen LogP contribution in [0.25, 0.3) is 0 Å². The van der Waals surface area contributed by atoms with Crippen LogP contribution >= 0.6 is 0 Å². The molecule has 0 fully saturated rings. The number of hydrogen-bond donors (Lipinski definition) is 1. The predicted octanol–water partition coefficient (Wildman–Crippen LogP) is 5.36. The van der Waals surface area contributed by atoms with Crippen molar-refractivity contribution in [2.24, 2.45) is 0 Å². The summed E-state index contributed by atoms with van der Waals surface area (Å²) in [7, 11) is 0. The van der Waals surface area contributed by atoms with Crippen molar-refractivity contribution in [1.82, 2.24) is 0 Å². The number of carboxylic acids is 1. The van der Waals surface area contributed by atoms with Crippen LogP contribution in [0.3, 0.4) is 0 Å². The van der Waals surface area contributed by atoms with Gasteiger partial charge in [-0.25, -0.2) is 4.79 Å². The van der Waals surface area contributed by atoms with E-state index in [9.17, 15) is 9.90 Å². The second-order valence-electron chi connectivity index (χ2n) is 7.07. The lowest BCUT2D eigenvalue weighted by molar-refractivity contribution is -0.149. The minimum absolute atomic E-state index is 0.326. The topological polar surface area (TPSA) is 74.2 Å². The largest absolute Gasteiger partial charge is 0.493 e. The Labute approximate surface area is 188 Å². The van der Waals surface area contributed by atoms with Crippen molar-refractivity contribution in [3.63, 3.8) is 0 Å². The number of carbonyl (C=O) groups is 1. The first-order valence-corrected chi connectivity index (χ1v) is 10.7. The molecule has 0 aliphatic rings. The highest BCUT2D eigenvalue weighted by Gasteiger charge is 2.17. The van der Waals surface area contributed by atoms with Gasteiger partial charge in [0.2, 0.25) is 0 Å². The van der Waals surface area contributed by atoms with Crippen LogP contribution in [0.5, 0.6) is 23.0 Å². The molecule has 1 atom stereocenters. The summed E-state index contributed by atoms with van der Waals surface area (Å²) in [6.07, 6.45) is 0.227. The molecule has 168 valence electrons. The first-order valence-electron chi connectivity index (χ1n) is 10.7. The standard InChI is InChI=1S/C26H28O6/c1-2-29-25(26(27)28)19-20-9-11-21(12-10-20)30-17-6-18-31-22-13-15-24(16-14-22)32-23-7-4-3-5-8-23/h3-5,7-16,25H,2,6,17-19H2,1H3,(H,27,28). The van der Waals surface area contributed by atoms with E-state index >= 15 is 0 Å². The number of rotatable bonds is 13. The minimum Gasteiger partial charge on any atom is -0.493 e. The van der Waals surface area contributed by atoms with E-state index in [2.05, 4.69) is 0 Å². The van der Waals surface area contributed by atoms with Gasteiger partial charge in [0.15, 0.2) is 6.10 Å². The molecule has 32 heavy (non-hydrogen) atoms. The van der Waals surface area contributed by atoms with E-state index < -0.39 is 12.1 Å². The molecule has 1 N–H and O–H groups in total. The van der Waals surface area contributed by atoms with Crippen LogP contribution in [0.4, 0.5) is 0 Å². The van der Waals surface area contributed by atoms with Crippen molar-refractivity contribution in [3.05, 3.63) is 84.4 Å². The molecule has 0 saturated heterocycles. The number of carboxylic acid groups (broad SMARTS) is 1. The quantitative estimate of drug-likeness (QED) is 0.364. The zero-order chi connectivity index (χ0) is 22.6. The highest BCUT2D eigenvalue weighted by atomic mass is 16.5. The summed E-state index contributed by atoms with van der Waals surface area (Å²) < 4.78 is 22.5. The highest BCUT2D eigenvalue weighted by molar-refractivity contribution is 5.72. The van der Waals surface area contributed by atoms with Crippen LogP contribution in [0, 0.1) is 0 Å². The predicted molar refractivity (Wildman–Crippen MR) is 122 cm³/mol. The van der Waals surface area contributed by atoms with Crippen molar-refractivity contribution in [1.29, 1.82) is 0 Å². The average Bonchev–Trinajstić information content (AvgIpc) is 2.81. The van der Waals surface area contributed by atoms with Gasteiger partial charge in [0.1, 0.15) is 23.0 Å². The normalized spacial score (nSPS) is 11.5. The second kappa shape index (κ2) is 12.4. The number of hydrogen-bond acceptors (Lipinski definition) is 5. The molecule has 0 bridgehead atoms. The molecule has 6 heteroatoms. The lowest BCUT2D eigenvalue weighted by Crippen LogP contribution is -2.26. The molecule has 0 saturated carbocycles. The van der Waals surface area contributed by atoms with Gasteiger partial charge in [-0.3, -0.25) is 0 Å². The van der Waals surface area contributed by atoms with Gasteiger partial charge in [-0.2, -0.15) is 0 Å². The van der Waals surface area contributed by atoms with E-state index in [1.54, 1.807) is 6.92 Å². The second-order valence-corrected chi connectivity index (χ2v) is 7.07. The van der Waals surface area contributed by atoms with E-state index in [1.165, 1.54) is 0 Å². The molecule has 0 aromatic heterocycles. The molecule has 3 aromatic rings. The number of benzene rings is 3. The van der Waals surface area contributed by atoms with Crippen molar-refractivity contribution in [2.75, 3.05) is 19.8 Å². The fourth-order valence-electron chi connectivity index (χ4n) is 3.02. The Hall–Kier alpha value is -3.51. The summed E-state index contributed by atoms with van der Waals surface area (Å²) >= 11 is 0. The Morgan fingerprint density at radius 1 is 0.781 bits per heavy atom. The van der Waals surface area contributed by atoms with E-state index in [0.717, 1.165) is 35.0 Å². The molecule has 0 amide bonds. The maximum atomic E-state index is 11.2. The van der Waals surface area contributed by atoms with Gasteiger partial charge in [0.05, 0.1) is 13.2 Å². The van der Waals surface area contributed by atoms with E-state index in [-0.39, 0.29) is 0 Å². The van der Waals surface area contributed by atoms with Crippen LogP contribution in [-0.2, 0) is 16.0 Å². The first-order chi connectivity index (χ1) is 15.6. The zero-order valence-electron chi connectivity index (χ0n) is 18.1. The molecule has 0 spiro atoms. The average molecular weight is 437 g/mol. The van der Waals surface area contributed by atoms with E-state index in [4.69, 9.17) is 18.9 Å². The fraction of sp³-hybridized carbons (Fsp3) is 0.269. The smallest absolute Gasteiger partial charge is 0.333 e. The molecule has 3 aromatic carbocycles. The summed E-state index contributed by atoms with van der Waals surface area (Å²) in [6.45, 7) is 3.20. The van der Waals surface area contributed by atoms with Crippen molar-refractivity contribution < 1.29 is 28.8 Å². The lowest BCUT2D eigenvalue weighted by atomic mass is 10.1. The molecular weight excluding hydrogens is 408 g/mol. The third kappa shape index (κ3) is 7.63. The lowest BCUT2D eigenvalue weighted by Gasteiger charge is -2.13. The summed E-state index contributed by atoms with van der Waals surface area (Å²) in [5.41, 5.74) is 0.890. The van der Waals surface area contributed by atoms with E-state index in [0.29, 0.717) is 26.2 Å². The number of aliphatic carboxylic acids is 1. The monoisotopic (exact) mass is 436 g/mol. The van der Waals surface area contributed by atoms with Gasteiger partial charge in [-0.15, -0.1) is 0 Å². The molecule has 6 nitrogen and oxygen atoms in total. The van der Waals surface area contributed by atoms with Gasteiger partial charge in [0.25, 0.3) is 0 Å². The Balaban J connectivity index is 1.35. The summed E-state index contributed by atoms with van der Waals surface area (Å²) in [5, 5.41) is 9.18. The highest BCUT2D eigenvalue weighted by Crippen LogP contribution is 2.23. The molecular formula is C26H28O6. The van der Waals surface area contributed by atoms with E-state index in [1.807, 2.05) is 78.9 Å². The van der Waals surface area contributed by atoms with Crippen molar-refractivity contribution in [2.45, 2.75) is 25.9 Å². The van der Waals surface area contributed by atoms with Gasteiger partial charge in [-0.05, 0) is 61.0 Å². The van der Waals surface area contributed by atoms with Crippen LogP contribution in [0.1, 0.15) is 18.9 Å². The fourth-order valence-corrected chi connectivity index (χ4v) is 3.02. The zero-order valence-corrected chi connectivity index (χ0v) is 18.1. The molecule has 1 unspecified atom stereocenters. The Morgan fingerprint density at radius 3 is 1.88 bits per heavy atom. The molecule has 0 radical (unpaired) electrons. The van der Waals surface area contributed by atoms with Crippen LogP contribution in [0.2, 0.25) is 0 Å². The maximum Gasteiger partial charge on any atom is 0.333 e. The van der Waals surface area contributed by atoms with Gasteiger partial charge in [0, 0.05) is 19.4 Å². The molecule has 0 aliphatic heterocycles. The van der Waals surface area contributed by atoms with Crippen LogP contribution in [0.15, 0.2) is 78.9 Å². The minimum atomic E-state index is -0.953. The third-order valence-electron chi connectivity index (χ3n) is 4.62. The van der Waals surface area contributed by atoms with Crippen LogP contribution in [-0.4, -0.2) is 37.0 Å². The molecule has 0 heterocycles. The van der Waals surface area contributed by atoms with Gasteiger partial charge < -0.3 is 24.1 Å². The first kappa shape index (κ1) is 23.2. The van der Waals surface area contributed by atoms with Gasteiger partial charge >= 0.3 is 5.97 Å². The Morgan fingerprint density at radius 2 is 1.31 bits per heavy atom. The van der Waals surface area contributed by atoms with Crippen molar-refractivity contribution in [3.8, 4) is 23.0 Å².